The highest BCUT2D eigenvalue weighted by Crippen LogP contribution is 2.29. The van der Waals surface area contributed by atoms with Crippen molar-refractivity contribution in [1.82, 2.24) is 9.55 Å². The van der Waals surface area contributed by atoms with Crippen LogP contribution in [0.25, 0.3) is 11.0 Å². The third-order valence-electron chi connectivity index (χ3n) is 5.66. The number of ether oxygens (including phenoxy) is 2. The Morgan fingerprint density at radius 2 is 1.78 bits per heavy atom. The van der Waals surface area contributed by atoms with E-state index in [9.17, 15) is 23.6 Å². The summed E-state index contributed by atoms with van der Waals surface area (Å²) in [4.78, 5) is 55.0. The molecule has 0 aliphatic rings. The van der Waals surface area contributed by atoms with Gasteiger partial charge in [-0.3, -0.25) is 14.6 Å². The molecule has 0 unspecified atom stereocenters. The maximum Gasteiger partial charge on any atom is 0.347 e. The Labute approximate surface area is 210 Å². The summed E-state index contributed by atoms with van der Waals surface area (Å²) in [5, 5.41) is 0. The number of hydrogen-bond acceptors (Lipinski definition) is 7. The highest BCUT2D eigenvalue weighted by molar-refractivity contribution is 6.01. The monoisotopic (exact) mass is 503 g/mol. The van der Waals surface area contributed by atoms with Crippen LogP contribution in [0.4, 0.5) is 4.39 Å². The Balaban J connectivity index is 1.87. The summed E-state index contributed by atoms with van der Waals surface area (Å²) in [5.74, 6) is -3.46. The summed E-state index contributed by atoms with van der Waals surface area (Å²) in [5.41, 5.74) is 5.76. The SMILES string of the molecule is CCOC(=O)c1c(OC(=O)c2ccccc2)c2ncc(Cc3ccc(F)cc3C(N)=O)cc2n(C)c1=O. The lowest BCUT2D eigenvalue weighted by Crippen LogP contribution is -2.28. The third kappa shape index (κ3) is 5.08. The van der Waals surface area contributed by atoms with Crippen LogP contribution in [-0.4, -0.2) is 34.0 Å². The van der Waals surface area contributed by atoms with Crippen LogP contribution in [0.3, 0.4) is 0 Å². The standard InChI is InChI=1S/C27H22FN3O6/c1-3-36-27(35)21-23(37-26(34)16-7-5-4-6-8-16)22-20(31(2)25(21)33)12-15(14-30-22)11-17-9-10-18(28)13-19(17)24(29)32/h4-10,12-14H,3,11H2,1-2H3,(H2,29,32). The first-order chi connectivity index (χ1) is 17.7. The van der Waals surface area contributed by atoms with E-state index >= 15 is 0 Å². The number of benzene rings is 2. The zero-order valence-corrected chi connectivity index (χ0v) is 20.0. The van der Waals surface area contributed by atoms with Crippen LogP contribution < -0.4 is 16.0 Å². The lowest BCUT2D eigenvalue weighted by Gasteiger charge is -2.15. The zero-order chi connectivity index (χ0) is 26.7. The topological polar surface area (TPSA) is 131 Å². The number of fused-ring (bicyclic) bond motifs is 1. The summed E-state index contributed by atoms with van der Waals surface area (Å²) < 4.78 is 25.4. The fraction of sp³-hybridized carbons (Fsp3) is 0.148. The molecule has 0 spiro atoms. The number of aryl methyl sites for hydroxylation is 1. The molecule has 2 heterocycles. The number of amides is 1. The van der Waals surface area contributed by atoms with Crippen molar-refractivity contribution in [2.24, 2.45) is 12.8 Å². The minimum Gasteiger partial charge on any atom is -0.462 e. The second-order valence-corrected chi connectivity index (χ2v) is 8.10. The van der Waals surface area contributed by atoms with Crippen molar-refractivity contribution in [1.29, 1.82) is 0 Å². The molecule has 37 heavy (non-hydrogen) atoms. The Morgan fingerprint density at radius 3 is 2.46 bits per heavy atom. The van der Waals surface area contributed by atoms with E-state index in [-0.39, 0.29) is 40.9 Å². The summed E-state index contributed by atoms with van der Waals surface area (Å²) >= 11 is 0. The normalized spacial score (nSPS) is 10.8. The fourth-order valence-electron chi connectivity index (χ4n) is 3.88. The van der Waals surface area contributed by atoms with Crippen LogP contribution in [0, 0.1) is 5.82 Å². The zero-order valence-electron chi connectivity index (χ0n) is 20.0. The molecule has 4 rings (SSSR count). The quantitative estimate of drug-likeness (QED) is 0.383. The van der Waals surface area contributed by atoms with Gasteiger partial charge in [-0.2, -0.15) is 0 Å². The summed E-state index contributed by atoms with van der Waals surface area (Å²) in [6.45, 7) is 1.58. The number of nitrogens with zero attached hydrogens (tertiary/aromatic N) is 2. The molecule has 2 N–H and O–H groups in total. The van der Waals surface area contributed by atoms with E-state index in [1.165, 1.54) is 42.1 Å². The van der Waals surface area contributed by atoms with Gasteiger partial charge in [0.2, 0.25) is 5.91 Å². The van der Waals surface area contributed by atoms with Gasteiger partial charge < -0.3 is 19.8 Å². The molecule has 9 nitrogen and oxygen atoms in total. The lowest BCUT2D eigenvalue weighted by molar-refractivity contribution is 0.0518. The second-order valence-electron chi connectivity index (χ2n) is 8.10. The van der Waals surface area contributed by atoms with Gasteiger partial charge in [0.15, 0.2) is 11.3 Å². The number of nitrogens with two attached hydrogens (primary N) is 1. The molecule has 1 amide bonds. The number of carbonyl (C=O) groups is 3. The fourth-order valence-corrected chi connectivity index (χ4v) is 3.88. The number of primary amides is 1. The average Bonchev–Trinajstić information content (AvgIpc) is 2.88. The van der Waals surface area contributed by atoms with Crippen molar-refractivity contribution in [3.05, 3.63) is 105 Å². The Morgan fingerprint density at radius 1 is 1.05 bits per heavy atom. The number of pyridine rings is 2. The first kappa shape index (κ1) is 25.2. The molecular formula is C27H22FN3O6. The molecule has 4 aromatic rings. The van der Waals surface area contributed by atoms with Crippen molar-refractivity contribution < 1.29 is 28.2 Å². The third-order valence-corrected chi connectivity index (χ3v) is 5.66. The summed E-state index contributed by atoms with van der Waals surface area (Å²) in [6, 6.07) is 13.4. The molecule has 0 aliphatic heterocycles. The van der Waals surface area contributed by atoms with E-state index in [1.54, 1.807) is 31.2 Å². The van der Waals surface area contributed by atoms with Crippen LogP contribution in [0.1, 0.15) is 49.1 Å². The van der Waals surface area contributed by atoms with E-state index in [4.69, 9.17) is 15.2 Å². The molecule has 0 saturated carbocycles. The van der Waals surface area contributed by atoms with Crippen molar-refractivity contribution in [3.8, 4) is 5.75 Å². The highest BCUT2D eigenvalue weighted by atomic mass is 19.1. The summed E-state index contributed by atoms with van der Waals surface area (Å²) in [6.07, 6.45) is 1.59. The van der Waals surface area contributed by atoms with Crippen molar-refractivity contribution in [2.45, 2.75) is 13.3 Å². The predicted octanol–water partition coefficient (Wildman–Crippen LogP) is 3.16. The van der Waals surface area contributed by atoms with E-state index in [0.717, 1.165) is 6.07 Å². The Bertz CT molecular complexity index is 1600. The Kier molecular flexibility index (Phi) is 7.10. The molecule has 2 aromatic heterocycles. The van der Waals surface area contributed by atoms with Crippen molar-refractivity contribution in [2.75, 3.05) is 6.61 Å². The number of rotatable bonds is 7. The molecule has 0 aliphatic carbocycles. The van der Waals surface area contributed by atoms with Gasteiger partial charge in [-0.05, 0) is 54.8 Å². The van der Waals surface area contributed by atoms with Gasteiger partial charge in [0.05, 0.1) is 17.7 Å². The van der Waals surface area contributed by atoms with E-state index in [1.807, 2.05) is 0 Å². The minimum absolute atomic E-state index is 0.00166. The van der Waals surface area contributed by atoms with E-state index in [2.05, 4.69) is 4.98 Å². The van der Waals surface area contributed by atoms with Gasteiger partial charge >= 0.3 is 11.9 Å². The van der Waals surface area contributed by atoms with Gasteiger partial charge in [-0.25, -0.2) is 14.0 Å². The molecule has 2 aromatic carbocycles. The number of hydrogen-bond donors (Lipinski definition) is 1. The molecule has 0 bridgehead atoms. The summed E-state index contributed by atoms with van der Waals surface area (Å²) in [7, 11) is 1.44. The van der Waals surface area contributed by atoms with Crippen LogP contribution in [-0.2, 0) is 18.2 Å². The highest BCUT2D eigenvalue weighted by Gasteiger charge is 2.27. The number of halogens is 1. The molecule has 10 heteroatoms. The van der Waals surface area contributed by atoms with Gasteiger partial charge in [0.1, 0.15) is 11.3 Å². The predicted molar refractivity (Wildman–Crippen MR) is 132 cm³/mol. The number of carbonyl (C=O) groups excluding carboxylic acids is 3. The number of esters is 2. The van der Waals surface area contributed by atoms with Crippen LogP contribution >= 0.6 is 0 Å². The maximum atomic E-state index is 13.6. The number of aromatic nitrogens is 2. The lowest BCUT2D eigenvalue weighted by atomic mass is 9.99. The second kappa shape index (κ2) is 10.4. The van der Waals surface area contributed by atoms with Gasteiger partial charge in [0.25, 0.3) is 5.56 Å². The maximum absolute atomic E-state index is 13.6. The van der Waals surface area contributed by atoms with Crippen molar-refractivity contribution in [3.63, 3.8) is 0 Å². The largest absolute Gasteiger partial charge is 0.462 e. The van der Waals surface area contributed by atoms with Crippen LogP contribution in [0.2, 0.25) is 0 Å². The first-order valence-corrected chi connectivity index (χ1v) is 11.3. The Hall–Kier alpha value is -4.86. The van der Waals surface area contributed by atoms with Crippen molar-refractivity contribution >= 4 is 28.9 Å². The van der Waals surface area contributed by atoms with Gasteiger partial charge in [0, 0.05) is 18.8 Å². The molecule has 0 fully saturated rings. The van der Waals surface area contributed by atoms with Crippen LogP contribution in [0.5, 0.6) is 5.75 Å². The molecule has 0 atom stereocenters. The smallest absolute Gasteiger partial charge is 0.347 e. The molecule has 0 saturated heterocycles. The minimum atomic E-state index is -0.954. The van der Waals surface area contributed by atoms with E-state index in [0.29, 0.717) is 11.1 Å². The first-order valence-electron chi connectivity index (χ1n) is 11.3. The molecule has 0 radical (unpaired) electrons. The van der Waals surface area contributed by atoms with Crippen LogP contribution in [0.15, 0.2) is 65.6 Å². The molecular weight excluding hydrogens is 481 g/mol. The average molecular weight is 503 g/mol. The van der Waals surface area contributed by atoms with Gasteiger partial charge in [-0.15, -0.1) is 0 Å². The van der Waals surface area contributed by atoms with Gasteiger partial charge in [-0.1, -0.05) is 24.3 Å². The molecule has 188 valence electrons. The van der Waals surface area contributed by atoms with E-state index < -0.39 is 34.8 Å².